The number of hydrogen-bond donors (Lipinski definition) is 2. The average Bonchev–Trinajstić information content (AvgIpc) is 2.71. The fraction of sp³-hybridized carbons (Fsp3) is 0.632. The minimum atomic E-state index is -0.665. The summed E-state index contributed by atoms with van der Waals surface area (Å²) in [7, 11) is 0. The Bertz CT molecular complexity index is 584. The van der Waals surface area contributed by atoms with Crippen molar-refractivity contribution in [2.75, 3.05) is 19.7 Å². The summed E-state index contributed by atoms with van der Waals surface area (Å²) in [6.45, 7) is 6.28. The molecule has 0 radical (unpaired) electrons. The molecular formula is C19H28N2O3. The van der Waals surface area contributed by atoms with Crippen molar-refractivity contribution in [1.29, 1.82) is 0 Å². The molecule has 1 amide bonds. The zero-order chi connectivity index (χ0) is 17.2. The number of benzene rings is 1. The predicted octanol–water partition coefficient (Wildman–Crippen LogP) is 2.00. The van der Waals surface area contributed by atoms with Gasteiger partial charge in [-0.3, -0.25) is 4.79 Å². The monoisotopic (exact) mass is 332 g/mol. The maximum absolute atomic E-state index is 11.8. The highest BCUT2D eigenvalue weighted by molar-refractivity contribution is 5.73. The van der Waals surface area contributed by atoms with E-state index in [0.29, 0.717) is 32.5 Å². The highest BCUT2D eigenvalue weighted by Gasteiger charge is 2.43. The van der Waals surface area contributed by atoms with Crippen molar-refractivity contribution in [3.63, 3.8) is 0 Å². The molecule has 1 heterocycles. The van der Waals surface area contributed by atoms with Crippen LogP contribution in [-0.2, 0) is 16.1 Å². The van der Waals surface area contributed by atoms with E-state index in [1.54, 1.807) is 6.92 Å². The van der Waals surface area contributed by atoms with Crippen molar-refractivity contribution in [2.45, 2.75) is 57.4 Å². The molecule has 1 aliphatic carbocycles. The molecule has 1 aromatic rings. The van der Waals surface area contributed by atoms with Gasteiger partial charge >= 0.3 is 0 Å². The standard InChI is InChI=1S/C19H28N2O3/c1-3-24-16-10-19(23,11-16)13-20-18-8-9-21(14(2)22)12-15-6-4-5-7-17(15)18/h4-7,16,18,20,23H,3,8-13H2,1-2H3. The Morgan fingerprint density at radius 3 is 2.88 bits per heavy atom. The minimum Gasteiger partial charge on any atom is -0.388 e. The second-order valence-electron chi connectivity index (χ2n) is 7.07. The second-order valence-corrected chi connectivity index (χ2v) is 7.07. The summed E-state index contributed by atoms with van der Waals surface area (Å²) >= 11 is 0. The third-order valence-corrected chi connectivity index (χ3v) is 5.22. The molecule has 2 N–H and O–H groups in total. The number of carbonyl (C=O) groups excluding carboxylic acids is 1. The lowest BCUT2D eigenvalue weighted by molar-refractivity contribution is -0.136. The zero-order valence-corrected chi connectivity index (χ0v) is 14.6. The molecule has 5 nitrogen and oxygen atoms in total. The number of aliphatic hydroxyl groups is 1. The number of hydrogen-bond acceptors (Lipinski definition) is 4. The molecule has 1 atom stereocenters. The van der Waals surface area contributed by atoms with Gasteiger partial charge in [0.1, 0.15) is 0 Å². The number of fused-ring (bicyclic) bond motifs is 1. The Morgan fingerprint density at radius 1 is 1.42 bits per heavy atom. The van der Waals surface area contributed by atoms with Crippen LogP contribution in [0.4, 0.5) is 0 Å². The van der Waals surface area contributed by atoms with Crippen LogP contribution < -0.4 is 5.32 Å². The first-order valence-electron chi connectivity index (χ1n) is 8.91. The Balaban J connectivity index is 1.65. The van der Waals surface area contributed by atoms with Gasteiger partial charge < -0.3 is 20.1 Å². The minimum absolute atomic E-state index is 0.114. The molecule has 0 aromatic heterocycles. The van der Waals surface area contributed by atoms with E-state index < -0.39 is 5.60 Å². The van der Waals surface area contributed by atoms with Gasteiger partial charge in [0.25, 0.3) is 0 Å². The van der Waals surface area contributed by atoms with E-state index in [2.05, 4.69) is 17.4 Å². The molecule has 1 saturated carbocycles. The van der Waals surface area contributed by atoms with Crippen molar-refractivity contribution in [2.24, 2.45) is 0 Å². The van der Waals surface area contributed by atoms with Crippen molar-refractivity contribution in [1.82, 2.24) is 10.2 Å². The first-order valence-corrected chi connectivity index (χ1v) is 8.91. The average molecular weight is 332 g/mol. The summed E-state index contributed by atoms with van der Waals surface area (Å²) in [5.41, 5.74) is 1.77. The molecule has 1 aliphatic heterocycles. The molecule has 0 bridgehead atoms. The summed E-state index contributed by atoms with van der Waals surface area (Å²) in [4.78, 5) is 13.7. The third kappa shape index (κ3) is 3.79. The molecule has 0 spiro atoms. The number of nitrogens with one attached hydrogen (secondary N) is 1. The lowest BCUT2D eigenvalue weighted by Crippen LogP contribution is -2.54. The van der Waals surface area contributed by atoms with Gasteiger partial charge in [0, 0.05) is 52.0 Å². The van der Waals surface area contributed by atoms with Gasteiger partial charge in [-0.15, -0.1) is 0 Å². The number of ether oxygens (including phenoxy) is 1. The maximum atomic E-state index is 11.8. The van der Waals surface area contributed by atoms with Gasteiger partial charge in [-0.25, -0.2) is 0 Å². The van der Waals surface area contributed by atoms with Gasteiger partial charge in [0.2, 0.25) is 5.91 Å². The summed E-state index contributed by atoms with van der Waals surface area (Å²) in [6.07, 6.45) is 2.45. The van der Waals surface area contributed by atoms with Crippen LogP contribution >= 0.6 is 0 Å². The highest BCUT2D eigenvalue weighted by Crippen LogP contribution is 2.35. The van der Waals surface area contributed by atoms with Crippen LogP contribution in [0.15, 0.2) is 24.3 Å². The molecule has 3 rings (SSSR count). The van der Waals surface area contributed by atoms with Crippen LogP contribution in [-0.4, -0.2) is 47.3 Å². The highest BCUT2D eigenvalue weighted by atomic mass is 16.5. The van der Waals surface area contributed by atoms with Crippen LogP contribution in [0.5, 0.6) is 0 Å². The zero-order valence-electron chi connectivity index (χ0n) is 14.6. The smallest absolute Gasteiger partial charge is 0.219 e. The first kappa shape index (κ1) is 17.4. The topological polar surface area (TPSA) is 61.8 Å². The maximum Gasteiger partial charge on any atom is 0.219 e. The normalized spacial score (nSPS) is 29.5. The Hall–Kier alpha value is -1.43. The van der Waals surface area contributed by atoms with Crippen LogP contribution in [0.25, 0.3) is 0 Å². The number of amides is 1. The molecule has 2 aliphatic rings. The molecule has 5 heteroatoms. The molecule has 0 saturated heterocycles. The second kappa shape index (κ2) is 7.21. The first-order chi connectivity index (χ1) is 11.5. The third-order valence-electron chi connectivity index (χ3n) is 5.22. The SMILES string of the molecule is CCOC1CC(O)(CNC2CCN(C(C)=O)Cc3ccccc32)C1. The van der Waals surface area contributed by atoms with E-state index in [0.717, 1.165) is 13.0 Å². The number of nitrogens with zero attached hydrogens (tertiary/aromatic N) is 1. The van der Waals surface area contributed by atoms with Crippen LogP contribution in [0, 0.1) is 0 Å². The van der Waals surface area contributed by atoms with Crippen LogP contribution in [0.3, 0.4) is 0 Å². The summed E-state index contributed by atoms with van der Waals surface area (Å²) in [6, 6.07) is 8.45. The summed E-state index contributed by atoms with van der Waals surface area (Å²) in [5.74, 6) is 0.114. The van der Waals surface area contributed by atoms with Gasteiger partial charge in [0.15, 0.2) is 0 Å². The van der Waals surface area contributed by atoms with E-state index in [4.69, 9.17) is 4.74 Å². The quantitative estimate of drug-likeness (QED) is 0.866. The lowest BCUT2D eigenvalue weighted by Gasteiger charge is -2.44. The number of carbonyl (C=O) groups is 1. The lowest BCUT2D eigenvalue weighted by atomic mass is 9.77. The van der Waals surface area contributed by atoms with E-state index in [9.17, 15) is 9.90 Å². The van der Waals surface area contributed by atoms with Crippen molar-refractivity contribution in [3.05, 3.63) is 35.4 Å². The van der Waals surface area contributed by atoms with Crippen LogP contribution in [0.2, 0.25) is 0 Å². The van der Waals surface area contributed by atoms with Crippen molar-refractivity contribution in [3.8, 4) is 0 Å². The van der Waals surface area contributed by atoms with E-state index in [1.807, 2.05) is 24.0 Å². The molecule has 1 unspecified atom stereocenters. The molecule has 24 heavy (non-hydrogen) atoms. The van der Waals surface area contributed by atoms with Gasteiger partial charge in [-0.05, 0) is 24.5 Å². The fourth-order valence-electron chi connectivity index (χ4n) is 3.82. The van der Waals surface area contributed by atoms with E-state index in [-0.39, 0.29) is 18.1 Å². The molecule has 1 fully saturated rings. The predicted molar refractivity (Wildman–Crippen MR) is 92.5 cm³/mol. The molecular weight excluding hydrogens is 304 g/mol. The Labute approximate surface area is 144 Å². The Kier molecular flexibility index (Phi) is 5.23. The van der Waals surface area contributed by atoms with E-state index in [1.165, 1.54) is 11.1 Å². The van der Waals surface area contributed by atoms with E-state index >= 15 is 0 Å². The largest absolute Gasteiger partial charge is 0.388 e. The van der Waals surface area contributed by atoms with Crippen LogP contribution in [0.1, 0.15) is 50.3 Å². The summed E-state index contributed by atoms with van der Waals surface area (Å²) in [5, 5.41) is 14.1. The van der Waals surface area contributed by atoms with Crippen molar-refractivity contribution < 1.29 is 14.6 Å². The number of rotatable bonds is 5. The fourth-order valence-corrected chi connectivity index (χ4v) is 3.82. The van der Waals surface area contributed by atoms with Gasteiger partial charge in [-0.2, -0.15) is 0 Å². The van der Waals surface area contributed by atoms with Gasteiger partial charge in [-0.1, -0.05) is 24.3 Å². The molecule has 1 aromatic carbocycles. The van der Waals surface area contributed by atoms with Gasteiger partial charge in [0.05, 0.1) is 11.7 Å². The Morgan fingerprint density at radius 2 is 2.17 bits per heavy atom. The molecule has 132 valence electrons. The van der Waals surface area contributed by atoms with Crippen molar-refractivity contribution >= 4 is 5.91 Å². The summed E-state index contributed by atoms with van der Waals surface area (Å²) < 4.78 is 5.55.